The molecule has 7 heteroatoms. The van der Waals surface area contributed by atoms with Crippen LogP contribution in [0.2, 0.25) is 0 Å². The SMILES string of the molecule is CC(CS(C)(=O)=O)NC(=O)C1CC=CCC1C(=O)O. The van der Waals surface area contributed by atoms with Crippen LogP contribution in [0.15, 0.2) is 12.2 Å². The van der Waals surface area contributed by atoms with Crippen molar-refractivity contribution in [3.63, 3.8) is 0 Å². The van der Waals surface area contributed by atoms with Crippen LogP contribution in [0.3, 0.4) is 0 Å². The third-order valence-corrected chi connectivity index (χ3v) is 4.13. The number of hydrogen-bond donors (Lipinski definition) is 2. The zero-order valence-corrected chi connectivity index (χ0v) is 11.8. The fourth-order valence-corrected chi connectivity index (χ4v) is 3.21. The smallest absolute Gasteiger partial charge is 0.307 e. The largest absolute Gasteiger partial charge is 0.481 e. The minimum Gasteiger partial charge on any atom is -0.481 e. The van der Waals surface area contributed by atoms with Gasteiger partial charge in [-0.2, -0.15) is 0 Å². The van der Waals surface area contributed by atoms with Gasteiger partial charge >= 0.3 is 5.97 Å². The van der Waals surface area contributed by atoms with Crippen molar-refractivity contribution < 1.29 is 23.1 Å². The van der Waals surface area contributed by atoms with Gasteiger partial charge in [0.2, 0.25) is 5.91 Å². The second-order valence-electron chi connectivity index (χ2n) is 5.00. The van der Waals surface area contributed by atoms with Crippen LogP contribution in [-0.4, -0.2) is 43.5 Å². The highest BCUT2D eigenvalue weighted by molar-refractivity contribution is 7.90. The van der Waals surface area contributed by atoms with Gasteiger partial charge in [0.1, 0.15) is 9.84 Å². The van der Waals surface area contributed by atoms with Gasteiger partial charge in [-0.1, -0.05) is 12.2 Å². The van der Waals surface area contributed by atoms with E-state index in [9.17, 15) is 18.0 Å². The number of rotatable bonds is 5. The number of carboxylic acid groups (broad SMARTS) is 1. The highest BCUT2D eigenvalue weighted by Crippen LogP contribution is 2.26. The van der Waals surface area contributed by atoms with Crippen molar-refractivity contribution >= 4 is 21.7 Å². The van der Waals surface area contributed by atoms with E-state index in [0.717, 1.165) is 6.26 Å². The maximum Gasteiger partial charge on any atom is 0.307 e. The van der Waals surface area contributed by atoms with E-state index >= 15 is 0 Å². The van der Waals surface area contributed by atoms with Crippen LogP contribution >= 0.6 is 0 Å². The van der Waals surface area contributed by atoms with E-state index in [1.54, 1.807) is 19.1 Å². The van der Waals surface area contributed by atoms with Crippen molar-refractivity contribution in [1.82, 2.24) is 5.32 Å². The minimum atomic E-state index is -3.17. The summed E-state index contributed by atoms with van der Waals surface area (Å²) in [5.74, 6) is -2.92. The lowest BCUT2D eigenvalue weighted by atomic mass is 9.82. The number of carboxylic acids is 1. The van der Waals surface area contributed by atoms with Crippen molar-refractivity contribution in [2.24, 2.45) is 11.8 Å². The molecule has 0 fully saturated rings. The summed E-state index contributed by atoms with van der Waals surface area (Å²) in [5, 5.41) is 11.6. The minimum absolute atomic E-state index is 0.154. The highest BCUT2D eigenvalue weighted by Gasteiger charge is 2.34. The normalized spacial score (nSPS) is 24.7. The van der Waals surface area contributed by atoms with Crippen molar-refractivity contribution in [2.75, 3.05) is 12.0 Å². The Morgan fingerprint density at radius 1 is 1.32 bits per heavy atom. The number of allylic oxidation sites excluding steroid dienone is 2. The third kappa shape index (κ3) is 5.02. The summed E-state index contributed by atoms with van der Waals surface area (Å²) in [4.78, 5) is 23.1. The lowest BCUT2D eigenvalue weighted by Crippen LogP contribution is -2.44. The molecule has 0 saturated carbocycles. The molecule has 0 bridgehead atoms. The Balaban J connectivity index is 2.66. The van der Waals surface area contributed by atoms with E-state index in [0.29, 0.717) is 12.8 Å². The van der Waals surface area contributed by atoms with E-state index in [-0.39, 0.29) is 5.75 Å². The number of amides is 1. The lowest BCUT2D eigenvalue weighted by Gasteiger charge is -2.25. The molecule has 1 aliphatic rings. The average Bonchev–Trinajstić information content (AvgIpc) is 2.26. The summed E-state index contributed by atoms with van der Waals surface area (Å²) in [6, 6.07) is -0.525. The fourth-order valence-electron chi connectivity index (χ4n) is 2.22. The first kappa shape index (κ1) is 15.7. The Morgan fingerprint density at radius 2 is 1.84 bits per heavy atom. The summed E-state index contributed by atoms with van der Waals surface area (Å²) in [5.41, 5.74) is 0. The van der Waals surface area contributed by atoms with E-state index in [4.69, 9.17) is 5.11 Å². The first-order valence-electron chi connectivity index (χ1n) is 6.06. The molecule has 108 valence electrons. The number of sulfone groups is 1. The molecule has 19 heavy (non-hydrogen) atoms. The van der Waals surface area contributed by atoms with Crippen LogP contribution in [0.5, 0.6) is 0 Å². The molecule has 0 aliphatic heterocycles. The predicted molar refractivity (Wildman–Crippen MR) is 70.3 cm³/mol. The molecular formula is C12H19NO5S. The zero-order valence-electron chi connectivity index (χ0n) is 11.0. The summed E-state index contributed by atoms with van der Waals surface area (Å²) < 4.78 is 22.2. The molecule has 1 aliphatic carbocycles. The van der Waals surface area contributed by atoms with Crippen molar-refractivity contribution in [3.8, 4) is 0 Å². The number of carbonyl (C=O) groups is 2. The van der Waals surface area contributed by atoms with Crippen molar-refractivity contribution in [3.05, 3.63) is 12.2 Å². The standard InChI is InChI=1S/C12H19NO5S/c1-8(7-19(2,17)18)13-11(14)9-5-3-4-6-10(9)12(15)16/h3-4,8-10H,5-7H2,1-2H3,(H,13,14)(H,15,16). The molecule has 0 spiro atoms. The number of nitrogens with one attached hydrogen (secondary N) is 1. The molecule has 0 aromatic rings. The molecule has 2 N–H and O–H groups in total. The van der Waals surface area contributed by atoms with E-state index in [2.05, 4.69) is 5.32 Å². The van der Waals surface area contributed by atoms with Crippen LogP contribution in [0.1, 0.15) is 19.8 Å². The van der Waals surface area contributed by atoms with Gasteiger partial charge < -0.3 is 10.4 Å². The quantitative estimate of drug-likeness (QED) is 0.704. The van der Waals surface area contributed by atoms with Crippen molar-refractivity contribution in [1.29, 1.82) is 0 Å². The van der Waals surface area contributed by atoms with Gasteiger partial charge in [-0.05, 0) is 19.8 Å². The molecule has 0 heterocycles. The Bertz CT molecular complexity index is 482. The summed E-state index contributed by atoms with van der Waals surface area (Å²) in [6.07, 6.45) is 5.33. The topological polar surface area (TPSA) is 101 Å². The Hall–Kier alpha value is -1.37. The summed E-state index contributed by atoms with van der Waals surface area (Å²) >= 11 is 0. The maximum atomic E-state index is 12.0. The molecule has 1 rings (SSSR count). The maximum absolute atomic E-state index is 12.0. The lowest BCUT2D eigenvalue weighted by molar-refractivity contribution is -0.147. The number of hydrogen-bond acceptors (Lipinski definition) is 4. The van der Waals surface area contributed by atoms with Gasteiger partial charge in [0, 0.05) is 12.3 Å². The molecule has 0 radical (unpaired) electrons. The summed E-state index contributed by atoms with van der Waals surface area (Å²) in [6.45, 7) is 1.59. The van der Waals surface area contributed by atoms with Gasteiger partial charge in [0.15, 0.2) is 0 Å². The van der Waals surface area contributed by atoms with E-state index in [1.807, 2.05) is 0 Å². The number of carbonyl (C=O) groups excluding carboxylic acids is 1. The van der Waals surface area contributed by atoms with E-state index in [1.165, 1.54) is 0 Å². The van der Waals surface area contributed by atoms with Crippen molar-refractivity contribution in [2.45, 2.75) is 25.8 Å². The Morgan fingerprint density at radius 3 is 2.32 bits per heavy atom. The molecule has 6 nitrogen and oxygen atoms in total. The molecule has 0 aromatic carbocycles. The Kier molecular flexibility index (Phi) is 5.11. The van der Waals surface area contributed by atoms with Crippen LogP contribution in [0.25, 0.3) is 0 Å². The van der Waals surface area contributed by atoms with E-state index < -0.39 is 39.6 Å². The fraction of sp³-hybridized carbons (Fsp3) is 0.667. The predicted octanol–water partition coefficient (Wildman–Crippen LogP) is 0.203. The van der Waals surface area contributed by atoms with Gasteiger partial charge in [-0.15, -0.1) is 0 Å². The molecule has 3 atom stereocenters. The third-order valence-electron chi connectivity index (χ3n) is 3.03. The second-order valence-corrected chi connectivity index (χ2v) is 7.18. The monoisotopic (exact) mass is 289 g/mol. The van der Waals surface area contributed by atoms with Gasteiger partial charge in [0.05, 0.1) is 17.6 Å². The molecule has 0 saturated heterocycles. The summed E-state index contributed by atoms with van der Waals surface area (Å²) in [7, 11) is -3.17. The van der Waals surface area contributed by atoms with Crippen LogP contribution < -0.4 is 5.32 Å². The van der Waals surface area contributed by atoms with Crippen LogP contribution in [0, 0.1) is 11.8 Å². The molecule has 1 amide bonds. The number of aliphatic carboxylic acids is 1. The molecule has 3 unspecified atom stereocenters. The van der Waals surface area contributed by atoms with Crippen LogP contribution in [-0.2, 0) is 19.4 Å². The zero-order chi connectivity index (χ0) is 14.6. The second kappa shape index (κ2) is 6.18. The first-order chi connectivity index (χ1) is 8.70. The Labute approximate surface area is 112 Å². The highest BCUT2D eigenvalue weighted by atomic mass is 32.2. The van der Waals surface area contributed by atoms with Crippen LogP contribution in [0.4, 0.5) is 0 Å². The van der Waals surface area contributed by atoms with Gasteiger partial charge in [0.25, 0.3) is 0 Å². The average molecular weight is 289 g/mol. The molecule has 0 aromatic heterocycles. The van der Waals surface area contributed by atoms with Gasteiger partial charge in [-0.25, -0.2) is 8.42 Å². The first-order valence-corrected chi connectivity index (χ1v) is 8.12. The van der Waals surface area contributed by atoms with Gasteiger partial charge in [-0.3, -0.25) is 9.59 Å². The molecular weight excluding hydrogens is 270 g/mol.